The van der Waals surface area contributed by atoms with Gasteiger partial charge in [0.15, 0.2) is 0 Å². The average molecular weight is 276 g/mol. The van der Waals surface area contributed by atoms with Crippen LogP contribution in [0.3, 0.4) is 0 Å². The summed E-state index contributed by atoms with van der Waals surface area (Å²) >= 11 is 0. The molecule has 0 saturated carbocycles. The van der Waals surface area contributed by atoms with Crippen molar-refractivity contribution in [2.75, 3.05) is 0 Å². The van der Waals surface area contributed by atoms with E-state index in [1.54, 1.807) is 12.1 Å². The van der Waals surface area contributed by atoms with Gasteiger partial charge >= 0.3 is 0 Å². The molecule has 18 heavy (non-hydrogen) atoms. The van der Waals surface area contributed by atoms with Crippen molar-refractivity contribution in [3.63, 3.8) is 0 Å². The first kappa shape index (κ1) is 14.6. The number of nitrogens with zero attached hydrogens (tertiary/aromatic N) is 2. The number of halogens is 2. The number of rotatable bonds is 3. The summed E-state index contributed by atoms with van der Waals surface area (Å²) in [6, 6.07) is 5.96. The van der Waals surface area contributed by atoms with E-state index in [0.717, 1.165) is 0 Å². The molecule has 0 fully saturated rings. The minimum atomic E-state index is -0.285. The Labute approximate surface area is 114 Å². The summed E-state index contributed by atoms with van der Waals surface area (Å²) in [7, 11) is 0. The van der Waals surface area contributed by atoms with Crippen LogP contribution in [0.1, 0.15) is 22.6 Å². The second-order valence-electron chi connectivity index (χ2n) is 4.85. The lowest BCUT2D eigenvalue weighted by Crippen LogP contribution is -3.00. The van der Waals surface area contributed by atoms with Crippen molar-refractivity contribution in [3.05, 3.63) is 36.0 Å². The van der Waals surface area contributed by atoms with E-state index in [0.29, 0.717) is 23.8 Å². The Morgan fingerprint density at radius 1 is 1.28 bits per heavy atom. The molecule has 0 bridgehead atoms. The van der Waals surface area contributed by atoms with Crippen LogP contribution in [0.4, 0.5) is 4.39 Å². The Kier molecular flexibility index (Phi) is 4.43. The minimum absolute atomic E-state index is 0. The van der Waals surface area contributed by atoms with E-state index in [1.807, 2.05) is 13.8 Å². The molecule has 0 aliphatic heterocycles. The molecule has 1 aromatic heterocycles. The quantitative estimate of drug-likeness (QED) is 0.776. The SMILES string of the molecule is CC(C)([NH3+])Cc1nnc(-c2ccc(F)cc2)o1.[Cl-].[HH].[HH]. The summed E-state index contributed by atoms with van der Waals surface area (Å²) in [5, 5.41) is 7.88. The first-order valence-electron chi connectivity index (χ1n) is 5.38. The van der Waals surface area contributed by atoms with Gasteiger partial charge in [0, 0.05) is 8.42 Å². The lowest BCUT2D eigenvalue weighted by atomic mass is 10.0. The molecule has 4 nitrogen and oxygen atoms in total. The van der Waals surface area contributed by atoms with Gasteiger partial charge in [0.1, 0.15) is 5.82 Å². The van der Waals surface area contributed by atoms with Gasteiger partial charge in [0.2, 0.25) is 11.8 Å². The Morgan fingerprint density at radius 2 is 1.89 bits per heavy atom. The fourth-order valence-corrected chi connectivity index (χ4v) is 1.44. The van der Waals surface area contributed by atoms with Gasteiger partial charge in [-0.1, -0.05) is 0 Å². The highest BCUT2D eigenvalue weighted by Crippen LogP contribution is 2.19. The Bertz CT molecular complexity index is 514. The molecule has 0 aliphatic carbocycles. The maximum atomic E-state index is 12.8. The molecule has 0 saturated heterocycles. The molecule has 0 atom stereocenters. The molecule has 0 spiro atoms. The highest BCUT2D eigenvalue weighted by Gasteiger charge is 2.20. The largest absolute Gasteiger partial charge is 1.00 e. The van der Waals surface area contributed by atoms with Gasteiger partial charge in [-0.25, -0.2) is 4.39 Å². The second-order valence-corrected chi connectivity index (χ2v) is 4.85. The van der Waals surface area contributed by atoms with Crippen LogP contribution in [0.5, 0.6) is 0 Å². The van der Waals surface area contributed by atoms with Crippen LogP contribution < -0.4 is 18.1 Å². The predicted molar refractivity (Wildman–Crippen MR) is 64.6 cm³/mol. The van der Waals surface area contributed by atoms with E-state index < -0.39 is 0 Å². The topological polar surface area (TPSA) is 66.6 Å². The van der Waals surface area contributed by atoms with E-state index in [-0.39, 0.29) is 26.6 Å². The minimum Gasteiger partial charge on any atom is -1.00 e. The van der Waals surface area contributed by atoms with Crippen molar-refractivity contribution in [2.45, 2.75) is 25.8 Å². The van der Waals surface area contributed by atoms with Crippen LogP contribution in [-0.2, 0) is 6.42 Å². The molecular weight excluding hydrogens is 257 g/mol. The number of hydrogen-bond donors (Lipinski definition) is 1. The van der Waals surface area contributed by atoms with Crippen LogP contribution >= 0.6 is 0 Å². The number of benzene rings is 1. The van der Waals surface area contributed by atoms with Crippen molar-refractivity contribution in [2.24, 2.45) is 0 Å². The molecular formula is C12H19ClFN3O. The van der Waals surface area contributed by atoms with Gasteiger partial charge < -0.3 is 22.6 Å². The predicted octanol–water partition coefficient (Wildman–Crippen LogP) is -1.07. The van der Waals surface area contributed by atoms with Crippen molar-refractivity contribution in [1.82, 2.24) is 10.2 Å². The number of hydrogen-bond acceptors (Lipinski definition) is 3. The van der Waals surface area contributed by atoms with Gasteiger partial charge in [-0.05, 0) is 38.1 Å². The third-order valence-electron chi connectivity index (χ3n) is 2.19. The zero-order valence-corrected chi connectivity index (χ0v) is 11.0. The van der Waals surface area contributed by atoms with Gasteiger partial charge in [0.05, 0.1) is 12.0 Å². The van der Waals surface area contributed by atoms with Gasteiger partial charge in [-0.3, -0.25) is 0 Å². The number of quaternary nitrogens is 1. The van der Waals surface area contributed by atoms with Crippen LogP contribution in [0.25, 0.3) is 11.5 Å². The molecule has 0 radical (unpaired) electrons. The summed E-state index contributed by atoms with van der Waals surface area (Å²) in [6.07, 6.45) is 0.612. The Morgan fingerprint density at radius 3 is 2.44 bits per heavy atom. The van der Waals surface area contributed by atoms with Crippen molar-refractivity contribution >= 4 is 0 Å². The van der Waals surface area contributed by atoms with E-state index in [1.165, 1.54) is 12.1 Å². The molecule has 2 rings (SSSR count). The molecule has 0 aliphatic rings. The van der Waals surface area contributed by atoms with Crippen LogP contribution in [-0.4, -0.2) is 15.7 Å². The van der Waals surface area contributed by atoms with Gasteiger partial charge in [-0.2, -0.15) is 0 Å². The van der Waals surface area contributed by atoms with E-state index in [4.69, 9.17) is 4.42 Å². The lowest BCUT2D eigenvalue weighted by molar-refractivity contribution is -0.465. The molecule has 102 valence electrons. The summed E-state index contributed by atoms with van der Waals surface area (Å²) in [6.45, 7) is 3.99. The summed E-state index contributed by atoms with van der Waals surface area (Å²) in [4.78, 5) is 0. The van der Waals surface area contributed by atoms with Gasteiger partial charge in [0.25, 0.3) is 0 Å². The molecule has 2 aromatic rings. The zero-order chi connectivity index (χ0) is 12.5. The molecule has 1 aromatic carbocycles. The summed E-state index contributed by atoms with van der Waals surface area (Å²) in [5.41, 5.74) is 4.55. The standard InChI is InChI=1S/C12H14FN3O.ClH.2H2/c1-12(2,14)7-10-15-16-11(17-10)8-3-5-9(13)6-4-8;;;/h3-6H,7,14H2,1-2H3;3*1H. The maximum Gasteiger partial charge on any atom is 0.247 e. The average Bonchev–Trinajstić information content (AvgIpc) is 2.64. The lowest BCUT2D eigenvalue weighted by Gasteiger charge is -2.10. The van der Waals surface area contributed by atoms with Crippen molar-refractivity contribution in [1.29, 1.82) is 0 Å². The van der Waals surface area contributed by atoms with E-state index in [2.05, 4.69) is 15.9 Å². The van der Waals surface area contributed by atoms with Crippen LogP contribution in [0.2, 0.25) is 0 Å². The molecule has 6 heteroatoms. The summed E-state index contributed by atoms with van der Waals surface area (Å²) < 4.78 is 18.3. The Balaban J connectivity index is 0. The van der Waals surface area contributed by atoms with Gasteiger partial charge in [-0.15, -0.1) is 10.2 Å². The second kappa shape index (κ2) is 5.46. The van der Waals surface area contributed by atoms with Crippen LogP contribution in [0.15, 0.2) is 28.7 Å². The highest BCUT2D eigenvalue weighted by atomic mass is 35.5. The molecule has 1 heterocycles. The number of aromatic nitrogens is 2. The monoisotopic (exact) mass is 275 g/mol. The van der Waals surface area contributed by atoms with Crippen molar-refractivity contribution < 1.29 is 29.8 Å². The first-order valence-corrected chi connectivity index (χ1v) is 5.38. The van der Waals surface area contributed by atoms with Crippen LogP contribution in [0, 0.1) is 5.82 Å². The molecule has 3 N–H and O–H groups in total. The zero-order valence-electron chi connectivity index (χ0n) is 10.3. The fourth-order valence-electron chi connectivity index (χ4n) is 1.44. The van der Waals surface area contributed by atoms with E-state index in [9.17, 15) is 4.39 Å². The third-order valence-corrected chi connectivity index (χ3v) is 2.19. The van der Waals surface area contributed by atoms with E-state index >= 15 is 0 Å². The highest BCUT2D eigenvalue weighted by molar-refractivity contribution is 5.51. The van der Waals surface area contributed by atoms with Crippen molar-refractivity contribution in [3.8, 4) is 11.5 Å². The molecule has 0 amide bonds. The molecule has 0 unspecified atom stereocenters. The maximum absolute atomic E-state index is 12.8. The third kappa shape index (κ3) is 3.78. The Hall–Kier alpha value is -1.46. The first-order chi connectivity index (χ1) is 7.94. The summed E-state index contributed by atoms with van der Waals surface area (Å²) in [5.74, 6) is 0.668. The smallest absolute Gasteiger partial charge is 0.247 e. The normalized spacial score (nSPS) is 11.1. The fraction of sp³-hybridized carbons (Fsp3) is 0.333.